The van der Waals surface area contributed by atoms with Crippen LogP contribution in [0.3, 0.4) is 0 Å². The van der Waals surface area contributed by atoms with Crippen LogP contribution in [0.1, 0.15) is 39.5 Å². The molecule has 0 aliphatic rings. The number of carbonyl (C=O) groups excluding carboxylic acids is 1. The van der Waals surface area contributed by atoms with Crippen LogP contribution >= 0.6 is 23.2 Å². The van der Waals surface area contributed by atoms with Gasteiger partial charge in [-0.15, -0.1) is 23.2 Å². The highest BCUT2D eigenvalue weighted by Crippen LogP contribution is 2.19. The van der Waals surface area contributed by atoms with Gasteiger partial charge < -0.3 is 0 Å². The van der Waals surface area contributed by atoms with Crippen LogP contribution in [-0.2, 0) is 4.79 Å². The number of rotatable bonds is 8. The summed E-state index contributed by atoms with van der Waals surface area (Å²) in [5.41, 5.74) is 0. The maximum Gasteiger partial charge on any atom is 0.141 e. The summed E-state index contributed by atoms with van der Waals surface area (Å²) in [6.07, 6.45) is 3.79. The Hall–Kier alpha value is 0.250. The molecule has 1 nitrogen and oxygen atoms in total. The van der Waals surface area contributed by atoms with E-state index in [9.17, 15) is 4.79 Å². The molecule has 0 saturated heterocycles. The van der Waals surface area contributed by atoms with Gasteiger partial charge in [0, 0.05) is 23.6 Å². The average molecular weight is 239 g/mol. The van der Waals surface area contributed by atoms with Crippen LogP contribution < -0.4 is 0 Å². The lowest BCUT2D eigenvalue weighted by Gasteiger charge is -2.18. The number of ketones is 1. The van der Waals surface area contributed by atoms with Gasteiger partial charge in [0.05, 0.1) is 0 Å². The van der Waals surface area contributed by atoms with Gasteiger partial charge in [0.25, 0.3) is 0 Å². The van der Waals surface area contributed by atoms with E-state index in [0.29, 0.717) is 11.8 Å². The smallest absolute Gasteiger partial charge is 0.141 e. The molecule has 0 aliphatic heterocycles. The molecule has 2 unspecified atom stereocenters. The van der Waals surface area contributed by atoms with E-state index < -0.39 is 0 Å². The van der Waals surface area contributed by atoms with Crippen molar-refractivity contribution >= 4 is 29.0 Å². The molecule has 0 aliphatic carbocycles. The summed E-state index contributed by atoms with van der Waals surface area (Å²) in [5.74, 6) is 1.15. The van der Waals surface area contributed by atoms with Crippen molar-refractivity contribution in [1.82, 2.24) is 0 Å². The average Bonchev–Trinajstić information content (AvgIpc) is 2.21. The van der Waals surface area contributed by atoms with E-state index in [-0.39, 0.29) is 17.6 Å². The van der Waals surface area contributed by atoms with E-state index in [0.717, 1.165) is 25.7 Å². The van der Waals surface area contributed by atoms with Crippen LogP contribution in [0.15, 0.2) is 0 Å². The summed E-state index contributed by atoms with van der Waals surface area (Å²) in [6.45, 7) is 4.14. The fraction of sp³-hybridized carbons (Fsp3) is 0.909. The summed E-state index contributed by atoms with van der Waals surface area (Å²) in [6, 6.07) is 0. The fourth-order valence-corrected chi connectivity index (χ4v) is 2.23. The highest BCUT2D eigenvalue weighted by Gasteiger charge is 2.24. The first-order valence-corrected chi connectivity index (χ1v) is 6.43. The van der Waals surface area contributed by atoms with Crippen molar-refractivity contribution in [1.29, 1.82) is 0 Å². The Bertz CT molecular complexity index is 143. The van der Waals surface area contributed by atoms with Crippen LogP contribution in [0.4, 0.5) is 0 Å². The normalized spacial score (nSPS) is 15.1. The fourth-order valence-electron chi connectivity index (χ4n) is 1.62. The first-order valence-electron chi connectivity index (χ1n) is 5.36. The van der Waals surface area contributed by atoms with Gasteiger partial charge in [-0.1, -0.05) is 26.7 Å². The minimum Gasteiger partial charge on any atom is -0.299 e. The lowest BCUT2D eigenvalue weighted by atomic mass is 9.89. The predicted molar refractivity (Wildman–Crippen MR) is 63.2 cm³/mol. The van der Waals surface area contributed by atoms with Gasteiger partial charge in [0.2, 0.25) is 0 Å². The molecule has 3 heteroatoms. The molecule has 0 aromatic carbocycles. The molecule has 0 fully saturated rings. The summed E-state index contributed by atoms with van der Waals surface area (Å²) in [5, 5.41) is 0. The summed E-state index contributed by atoms with van der Waals surface area (Å²) in [7, 11) is 0. The molecule has 0 heterocycles. The third kappa shape index (κ3) is 4.65. The largest absolute Gasteiger partial charge is 0.299 e. The van der Waals surface area contributed by atoms with Gasteiger partial charge in [-0.3, -0.25) is 4.79 Å². The molecule has 0 aromatic heterocycles. The van der Waals surface area contributed by atoms with E-state index in [2.05, 4.69) is 13.8 Å². The molecule has 0 saturated carbocycles. The quantitative estimate of drug-likeness (QED) is 0.588. The molecule has 0 radical (unpaired) electrons. The summed E-state index contributed by atoms with van der Waals surface area (Å²) in [4.78, 5) is 11.9. The van der Waals surface area contributed by atoms with E-state index in [1.54, 1.807) is 0 Å². The molecule has 0 spiro atoms. The van der Waals surface area contributed by atoms with Crippen LogP contribution in [0.5, 0.6) is 0 Å². The zero-order chi connectivity index (χ0) is 11.0. The minimum absolute atomic E-state index is 0.0111. The first kappa shape index (κ1) is 14.2. The molecule has 14 heavy (non-hydrogen) atoms. The number of carbonyl (C=O) groups is 1. The second kappa shape index (κ2) is 8.55. The van der Waals surface area contributed by atoms with Crippen molar-refractivity contribution in [3.05, 3.63) is 0 Å². The molecule has 0 amide bonds. The highest BCUT2D eigenvalue weighted by molar-refractivity contribution is 6.21. The monoisotopic (exact) mass is 238 g/mol. The summed E-state index contributed by atoms with van der Waals surface area (Å²) >= 11 is 11.6. The Morgan fingerprint density at radius 3 is 1.57 bits per heavy atom. The maximum absolute atomic E-state index is 11.9. The molecular formula is C11H20Cl2O. The second-order valence-corrected chi connectivity index (χ2v) is 4.30. The number of hydrogen-bond donors (Lipinski definition) is 0. The lowest BCUT2D eigenvalue weighted by molar-refractivity contribution is -0.125. The van der Waals surface area contributed by atoms with E-state index in [1.807, 2.05) is 0 Å². The standard InChI is InChI=1S/C11H20Cl2O/c1-3-5-9(7-12)11(14)10(8-13)6-4-2/h9-10H,3-8H2,1-2H3. The molecule has 2 atom stereocenters. The third-order valence-electron chi connectivity index (χ3n) is 2.45. The summed E-state index contributed by atoms with van der Waals surface area (Å²) < 4.78 is 0. The Kier molecular flexibility index (Phi) is 8.70. The van der Waals surface area contributed by atoms with Gasteiger partial charge in [-0.05, 0) is 12.8 Å². The lowest BCUT2D eigenvalue weighted by Crippen LogP contribution is -2.26. The van der Waals surface area contributed by atoms with E-state index in [1.165, 1.54) is 0 Å². The SMILES string of the molecule is CCCC(CCl)C(=O)C(CCl)CCC. The molecular weight excluding hydrogens is 219 g/mol. The Morgan fingerprint density at radius 1 is 1.00 bits per heavy atom. The second-order valence-electron chi connectivity index (χ2n) is 3.68. The van der Waals surface area contributed by atoms with Gasteiger partial charge in [0.15, 0.2) is 0 Å². The maximum atomic E-state index is 11.9. The predicted octanol–water partition coefficient (Wildman–Crippen LogP) is 3.87. The van der Waals surface area contributed by atoms with Crippen molar-refractivity contribution in [2.75, 3.05) is 11.8 Å². The minimum atomic E-state index is 0.0111. The van der Waals surface area contributed by atoms with Crippen molar-refractivity contribution in [3.8, 4) is 0 Å². The number of Topliss-reactive ketones (excluding diaryl/α,β-unsaturated/α-hetero) is 1. The van der Waals surface area contributed by atoms with Crippen molar-refractivity contribution in [2.45, 2.75) is 39.5 Å². The molecule has 0 aromatic rings. The highest BCUT2D eigenvalue weighted by atomic mass is 35.5. The van der Waals surface area contributed by atoms with Crippen LogP contribution in [0.25, 0.3) is 0 Å². The zero-order valence-electron chi connectivity index (χ0n) is 9.06. The van der Waals surface area contributed by atoms with E-state index in [4.69, 9.17) is 23.2 Å². The van der Waals surface area contributed by atoms with Crippen molar-refractivity contribution in [2.24, 2.45) is 11.8 Å². The van der Waals surface area contributed by atoms with Gasteiger partial charge in [-0.25, -0.2) is 0 Å². The number of halogens is 2. The van der Waals surface area contributed by atoms with Crippen LogP contribution in [0.2, 0.25) is 0 Å². The molecule has 0 N–H and O–H groups in total. The van der Waals surface area contributed by atoms with Gasteiger partial charge >= 0.3 is 0 Å². The third-order valence-corrected chi connectivity index (χ3v) is 3.20. The van der Waals surface area contributed by atoms with E-state index >= 15 is 0 Å². The molecule has 84 valence electrons. The number of hydrogen-bond acceptors (Lipinski definition) is 1. The van der Waals surface area contributed by atoms with Gasteiger partial charge in [0.1, 0.15) is 5.78 Å². The van der Waals surface area contributed by atoms with Gasteiger partial charge in [-0.2, -0.15) is 0 Å². The van der Waals surface area contributed by atoms with Crippen molar-refractivity contribution < 1.29 is 4.79 Å². The van der Waals surface area contributed by atoms with Crippen molar-refractivity contribution in [3.63, 3.8) is 0 Å². The Labute approximate surface area is 97.2 Å². The van der Waals surface area contributed by atoms with Crippen LogP contribution in [-0.4, -0.2) is 17.5 Å². The Morgan fingerprint density at radius 2 is 1.36 bits per heavy atom. The molecule has 0 bridgehead atoms. The first-order chi connectivity index (χ1) is 6.71. The van der Waals surface area contributed by atoms with Crippen LogP contribution in [0, 0.1) is 11.8 Å². The Balaban J connectivity index is 4.21. The molecule has 0 rings (SSSR count). The topological polar surface area (TPSA) is 17.1 Å². The zero-order valence-corrected chi connectivity index (χ0v) is 10.6. The number of alkyl halides is 2.